The van der Waals surface area contributed by atoms with Crippen LogP contribution in [0.2, 0.25) is 0 Å². The summed E-state index contributed by atoms with van der Waals surface area (Å²) in [6.45, 7) is 2.00. The maximum atomic E-state index is 12.4. The Bertz CT molecular complexity index is 1280. The van der Waals surface area contributed by atoms with Gasteiger partial charge < -0.3 is 9.47 Å². The molecule has 34 heavy (non-hydrogen) atoms. The van der Waals surface area contributed by atoms with Gasteiger partial charge in [0.15, 0.2) is 11.0 Å². The lowest BCUT2D eigenvalue weighted by Gasteiger charge is -2.11. The van der Waals surface area contributed by atoms with Gasteiger partial charge in [-0.3, -0.25) is 9.36 Å². The van der Waals surface area contributed by atoms with Crippen LogP contribution in [0.3, 0.4) is 0 Å². The Labute approximate surface area is 205 Å². The van der Waals surface area contributed by atoms with Gasteiger partial charge in [0.2, 0.25) is 0 Å². The van der Waals surface area contributed by atoms with Gasteiger partial charge in [-0.25, -0.2) is 5.43 Å². The number of benzene rings is 2. The summed E-state index contributed by atoms with van der Waals surface area (Å²) in [7, 11) is 3.25. The smallest absolute Gasteiger partial charge is 0.250 e. The number of aromatic nitrogens is 3. The molecule has 0 aliphatic rings. The molecule has 0 saturated carbocycles. The van der Waals surface area contributed by atoms with Crippen molar-refractivity contribution in [3.05, 3.63) is 70.4 Å². The van der Waals surface area contributed by atoms with Gasteiger partial charge in [0.25, 0.3) is 5.91 Å². The predicted octanol–water partition coefficient (Wildman–Crippen LogP) is 4.56. The summed E-state index contributed by atoms with van der Waals surface area (Å²) in [4.78, 5) is 13.4. The first kappa shape index (κ1) is 23.5. The monoisotopic (exact) mass is 493 g/mol. The highest BCUT2D eigenvalue weighted by atomic mass is 32.2. The van der Waals surface area contributed by atoms with E-state index in [0.29, 0.717) is 11.0 Å². The third-order valence-corrected chi connectivity index (χ3v) is 6.80. The van der Waals surface area contributed by atoms with Crippen LogP contribution in [0, 0.1) is 6.92 Å². The van der Waals surface area contributed by atoms with Crippen molar-refractivity contribution in [1.82, 2.24) is 20.2 Å². The average Bonchev–Trinajstić information content (AvgIpc) is 3.49. The molecule has 4 aromatic rings. The van der Waals surface area contributed by atoms with Crippen LogP contribution in [0.25, 0.3) is 17.1 Å². The fraction of sp³-hybridized carbons (Fsp3) is 0.167. The Balaban J connectivity index is 1.55. The fourth-order valence-electron chi connectivity index (χ4n) is 3.10. The number of hydrazone groups is 1. The molecule has 174 valence electrons. The molecule has 0 aliphatic heterocycles. The number of thiophene rings is 1. The molecule has 2 aromatic heterocycles. The zero-order valence-electron chi connectivity index (χ0n) is 18.9. The first-order valence-electron chi connectivity index (χ1n) is 10.3. The molecule has 2 aromatic carbocycles. The lowest BCUT2D eigenvalue weighted by molar-refractivity contribution is -0.118. The fourth-order valence-corrected chi connectivity index (χ4v) is 4.63. The van der Waals surface area contributed by atoms with E-state index in [1.807, 2.05) is 71.5 Å². The minimum atomic E-state index is -0.231. The molecular formula is C24H23N5O3S2. The van der Waals surface area contributed by atoms with E-state index in [-0.39, 0.29) is 11.7 Å². The van der Waals surface area contributed by atoms with Crippen LogP contribution in [0.1, 0.15) is 10.4 Å². The number of methoxy groups -OCH3 is 2. The molecule has 10 heteroatoms. The minimum absolute atomic E-state index is 0.137. The largest absolute Gasteiger partial charge is 0.497 e. The Morgan fingerprint density at radius 1 is 1.06 bits per heavy atom. The number of carbonyl (C=O) groups excluding carboxylic acids is 1. The van der Waals surface area contributed by atoms with Crippen molar-refractivity contribution in [3.63, 3.8) is 0 Å². The van der Waals surface area contributed by atoms with Gasteiger partial charge in [-0.05, 0) is 72.5 Å². The normalized spacial score (nSPS) is 11.0. The Morgan fingerprint density at radius 2 is 1.74 bits per heavy atom. The SMILES string of the molecule is COc1ccc(-c2nnc(SCC(=O)NN=Cc3sccc3C)n2-c2ccc(OC)cc2)cc1. The predicted molar refractivity (Wildman–Crippen MR) is 135 cm³/mol. The zero-order valence-corrected chi connectivity index (χ0v) is 20.5. The highest BCUT2D eigenvalue weighted by Gasteiger charge is 2.17. The maximum absolute atomic E-state index is 12.4. The topological polar surface area (TPSA) is 90.6 Å². The Hall–Kier alpha value is -3.63. The average molecular weight is 494 g/mol. The third-order valence-electron chi connectivity index (χ3n) is 4.92. The molecule has 0 bridgehead atoms. The molecule has 0 radical (unpaired) electrons. The summed E-state index contributed by atoms with van der Waals surface area (Å²) in [6.07, 6.45) is 1.66. The summed E-state index contributed by atoms with van der Waals surface area (Å²) in [5, 5.41) is 15.4. The van der Waals surface area contributed by atoms with Gasteiger partial charge in [-0.1, -0.05) is 11.8 Å². The molecule has 0 spiro atoms. The van der Waals surface area contributed by atoms with E-state index in [9.17, 15) is 4.79 Å². The molecule has 0 unspecified atom stereocenters. The van der Waals surface area contributed by atoms with E-state index < -0.39 is 0 Å². The molecule has 1 N–H and O–H groups in total. The summed E-state index contributed by atoms with van der Waals surface area (Å²) >= 11 is 2.86. The Kier molecular flexibility index (Phi) is 7.61. The lowest BCUT2D eigenvalue weighted by atomic mass is 10.2. The van der Waals surface area contributed by atoms with E-state index in [4.69, 9.17) is 9.47 Å². The third kappa shape index (κ3) is 5.46. The second-order valence-electron chi connectivity index (χ2n) is 7.12. The van der Waals surface area contributed by atoms with E-state index in [1.165, 1.54) is 11.8 Å². The van der Waals surface area contributed by atoms with Crippen LogP contribution in [-0.4, -0.2) is 46.9 Å². The van der Waals surface area contributed by atoms with Crippen LogP contribution in [0.4, 0.5) is 0 Å². The van der Waals surface area contributed by atoms with Crippen molar-refractivity contribution >= 4 is 35.2 Å². The summed E-state index contributed by atoms with van der Waals surface area (Å²) in [6, 6.07) is 17.2. The number of hydrogen-bond donors (Lipinski definition) is 1. The number of ether oxygens (including phenoxy) is 2. The van der Waals surface area contributed by atoms with Crippen LogP contribution < -0.4 is 14.9 Å². The standard InChI is InChI=1S/C24H23N5O3S2/c1-16-12-13-33-21(16)14-25-26-22(30)15-34-24-28-27-23(17-4-8-19(31-2)9-5-17)29(24)18-6-10-20(32-3)11-7-18/h4-14H,15H2,1-3H3,(H,26,30). The van der Waals surface area contributed by atoms with Crippen molar-refractivity contribution in [2.45, 2.75) is 12.1 Å². The first-order chi connectivity index (χ1) is 16.6. The Morgan fingerprint density at radius 3 is 2.35 bits per heavy atom. The number of aryl methyl sites for hydroxylation is 1. The lowest BCUT2D eigenvalue weighted by Crippen LogP contribution is -2.20. The molecule has 0 saturated heterocycles. The highest BCUT2D eigenvalue weighted by molar-refractivity contribution is 7.99. The first-order valence-corrected chi connectivity index (χ1v) is 12.2. The van der Waals surface area contributed by atoms with E-state index in [1.54, 1.807) is 31.8 Å². The number of hydrogen-bond acceptors (Lipinski definition) is 8. The zero-order chi connectivity index (χ0) is 23.9. The quantitative estimate of drug-likeness (QED) is 0.209. The second kappa shape index (κ2) is 11.0. The number of amides is 1. The van der Waals surface area contributed by atoms with Crippen LogP contribution in [0.15, 0.2) is 70.2 Å². The molecule has 0 fully saturated rings. The summed E-state index contributed by atoms with van der Waals surface area (Å²) in [5.41, 5.74) is 5.42. The van der Waals surface area contributed by atoms with Crippen molar-refractivity contribution < 1.29 is 14.3 Å². The molecule has 4 rings (SSSR count). The molecule has 1 amide bonds. The van der Waals surface area contributed by atoms with Crippen LogP contribution >= 0.6 is 23.1 Å². The van der Waals surface area contributed by atoms with Crippen LogP contribution in [0.5, 0.6) is 11.5 Å². The van der Waals surface area contributed by atoms with E-state index >= 15 is 0 Å². The van der Waals surface area contributed by atoms with Gasteiger partial charge in [0.05, 0.1) is 26.2 Å². The summed E-state index contributed by atoms with van der Waals surface area (Å²) in [5.74, 6) is 2.06. The van der Waals surface area contributed by atoms with Crippen molar-refractivity contribution in [2.75, 3.05) is 20.0 Å². The summed E-state index contributed by atoms with van der Waals surface area (Å²) < 4.78 is 12.5. The van der Waals surface area contributed by atoms with Gasteiger partial charge >= 0.3 is 0 Å². The number of nitrogens with zero attached hydrogens (tertiary/aromatic N) is 4. The van der Waals surface area contributed by atoms with E-state index in [0.717, 1.165) is 33.2 Å². The number of carbonyl (C=O) groups is 1. The maximum Gasteiger partial charge on any atom is 0.250 e. The van der Waals surface area contributed by atoms with Crippen molar-refractivity contribution in [3.8, 4) is 28.6 Å². The number of thioether (sulfide) groups is 1. The highest BCUT2D eigenvalue weighted by Crippen LogP contribution is 2.29. The molecule has 8 nitrogen and oxygen atoms in total. The molecule has 0 atom stereocenters. The minimum Gasteiger partial charge on any atom is -0.497 e. The molecule has 2 heterocycles. The van der Waals surface area contributed by atoms with Gasteiger partial charge in [-0.15, -0.1) is 21.5 Å². The van der Waals surface area contributed by atoms with Gasteiger partial charge in [0.1, 0.15) is 11.5 Å². The number of rotatable bonds is 9. The van der Waals surface area contributed by atoms with Crippen LogP contribution in [-0.2, 0) is 4.79 Å². The van der Waals surface area contributed by atoms with Gasteiger partial charge in [-0.2, -0.15) is 5.10 Å². The number of nitrogens with one attached hydrogen (secondary N) is 1. The molecule has 0 aliphatic carbocycles. The second-order valence-corrected chi connectivity index (χ2v) is 9.01. The van der Waals surface area contributed by atoms with Crippen molar-refractivity contribution in [1.29, 1.82) is 0 Å². The van der Waals surface area contributed by atoms with Crippen molar-refractivity contribution in [2.24, 2.45) is 5.10 Å². The molecular weight excluding hydrogens is 470 g/mol. The van der Waals surface area contributed by atoms with Gasteiger partial charge in [0, 0.05) is 16.1 Å². The van der Waals surface area contributed by atoms with E-state index in [2.05, 4.69) is 20.7 Å².